The van der Waals surface area contributed by atoms with Crippen molar-refractivity contribution in [3.05, 3.63) is 52.8 Å². The number of pyridine rings is 1. The van der Waals surface area contributed by atoms with Gasteiger partial charge in [-0.1, -0.05) is 31.4 Å². The molecule has 1 amide bonds. The van der Waals surface area contributed by atoms with Crippen molar-refractivity contribution < 1.29 is 18.0 Å². The summed E-state index contributed by atoms with van der Waals surface area (Å²) < 4.78 is 39.5. The average molecular weight is 386 g/mol. The number of unbranched alkanes of at least 4 members (excludes halogenated alkanes) is 2. The third kappa shape index (κ3) is 5.62. The first-order chi connectivity index (χ1) is 12.3. The predicted molar refractivity (Wildman–Crippen MR) is 95.8 cm³/mol. The van der Waals surface area contributed by atoms with Crippen LogP contribution in [0.25, 0.3) is 0 Å². The van der Waals surface area contributed by atoms with Crippen molar-refractivity contribution in [1.29, 1.82) is 0 Å². The van der Waals surface area contributed by atoms with Crippen LogP contribution in [0.4, 0.5) is 24.5 Å². The molecule has 2 aromatic rings. The lowest BCUT2D eigenvalue weighted by Gasteiger charge is -2.15. The highest BCUT2D eigenvalue weighted by atomic mass is 35.5. The minimum atomic E-state index is -4.56. The first-order valence-corrected chi connectivity index (χ1v) is 8.56. The van der Waals surface area contributed by atoms with Crippen LogP contribution in [-0.2, 0) is 6.18 Å². The van der Waals surface area contributed by atoms with Crippen LogP contribution in [-0.4, -0.2) is 17.4 Å². The summed E-state index contributed by atoms with van der Waals surface area (Å²) in [5.74, 6) is -0.315. The van der Waals surface area contributed by atoms with Gasteiger partial charge in [0.05, 0.1) is 28.7 Å². The Labute approximate surface area is 154 Å². The molecule has 0 unspecified atom stereocenters. The normalized spacial score (nSPS) is 11.3. The van der Waals surface area contributed by atoms with E-state index in [2.05, 4.69) is 22.5 Å². The van der Waals surface area contributed by atoms with E-state index < -0.39 is 11.7 Å². The highest BCUT2D eigenvalue weighted by Crippen LogP contribution is 2.37. The van der Waals surface area contributed by atoms with Crippen LogP contribution in [0.15, 0.2) is 36.7 Å². The van der Waals surface area contributed by atoms with Gasteiger partial charge in [-0.2, -0.15) is 13.2 Å². The van der Waals surface area contributed by atoms with E-state index >= 15 is 0 Å². The molecule has 0 aliphatic heterocycles. The number of hydrogen-bond donors (Lipinski definition) is 2. The number of carbonyl (C=O) groups excluding carboxylic acids is 1. The number of nitrogens with one attached hydrogen (secondary N) is 2. The van der Waals surface area contributed by atoms with Crippen LogP contribution in [0.3, 0.4) is 0 Å². The van der Waals surface area contributed by atoms with Crippen molar-refractivity contribution in [2.45, 2.75) is 32.4 Å². The largest absolute Gasteiger partial charge is 0.418 e. The van der Waals surface area contributed by atoms with Crippen molar-refractivity contribution in [3.63, 3.8) is 0 Å². The second-order valence-electron chi connectivity index (χ2n) is 5.74. The quantitative estimate of drug-likeness (QED) is 0.626. The molecule has 1 heterocycles. The SMILES string of the molecule is CCCCCNC(=O)c1cncc(Nc2ccc(Cl)cc2C(F)(F)F)c1. The fraction of sp³-hybridized carbons (Fsp3) is 0.333. The van der Waals surface area contributed by atoms with E-state index in [9.17, 15) is 18.0 Å². The van der Waals surface area contributed by atoms with Crippen molar-refractivity contribution >= 4 is 28.9 Å². The molecule has 140 valence electrons. The third-order valence-corrected chi connectivity index (χ3v) is 3.87. The molecule has 8 heteroatoms. The Balaban J connectivity index is 2.15. The molecule has 1 aromatic heterocycles. The highest BCUT2D eigenvalue weighted by Gasteiger charge is 2.33. The Kier molecular flexibility index (Phi) is 6.85. The molecule has 0 spiro atoms. The monoisotopic (exact) mass is 385 g/mol. The first-order valence-electron chi connectivity index (χ1n) is 8.18. The summed E-state index contributed by atoms with van der Waals surface area (Å²) in [5, 5.41) is 5.41. The summed E-state index contributed by atoms with van der Waals surface area (Å²) in [7, 11) is 0. The van der Waals surface area contributed by atoms with Gasteiger partial charge in [0.25, 0.3) is 5.91 Å². The molecule has 26 heavy (non-hydrogen) atoms. The number of aromatic nitrogens is 1. The standard InChI is InChI=1S/C18H19ClF3N3O/c1-2-3-4-7-24-17(26)12-8-14(11-23-10-12)25-16-6-5-13(19)9-15(16)18(20,21)22/h5-6,8-11,25H,2-4,7H2,1H3,(H,24,26). The summed E-state index contributed by atoms with van der Waals surface area (Å²) in [6, 6.07) is 4.90. The van der Waals surface area contributed by atoms with Crippen LogP contribution in [0, 0.1) is 0 Å². The molecule has 0 aliphatic rings. The molecular weight excluding hydrogens is 367 g/mol. The smallest absolute Gasteiger partial charge is 0.354 e. The minimum absolute atomic E-state index is 0.0128. The van der Waals surface area contributed by atoms with Crippen LogP contribution in [0.1, 0.15) is 42.1 Å². The molecule has 0 saturated carbocycles. The Morgan fingerprint density at radius 1 is 1.19 bits per heavy atom. The lowest BCUT2D eigenvalue weighted by Crippen LogP contribution is -2.24. The fourth-order valence-corrected chi connectivity index (χ4v) is 2.50. The molecule has 0 saturated heterocycles. The molecule has 0 fully saturated rings. The van der Waals surface area contributed by atoms with Gasteiger partial charge in [0.15, 0.2) is 0 Å². The van der Waals surface area contributed by atoms with E-state index in [0.717, 1.165) is 25.3 Å². The van der Waals surface area contributed by atoms with Crippen molar-refractivity contribution in [1.82, 2.24) is 10.3 Å². The molecule has 4 nitrogen and oxygen atoms in total. The van der Waals surface area contributed by atoms with E-state index in [4.69, 9.17) is 11.6 Å². The van der Waals surface area contributed by atoms with Gasteiger partial charge in [-0.05, 0) is 30.7 Å². The van der Waals surface area contributed by atoms with E-state index in [0.29, 0.717) is 6.54 Å². The summed E-state index contributed by atoms with van der Waals surface area (Å²) in [4.78, 5) is 16.0. The van der Waals surface area contributed by atoms with E-state index in [1.165, 1.54) is 30.6 Å². The van der Waals surface area contributed by atoms with Gasteiger partial charge in [-0.3, -0.25) is 9.78 Å². The van der Waals surface area contributed by atoms with Crippen LogP contribution >= 0.6 is 11.6 Å². The second-order valence-corrected chi connectivity index (χ2v) is 6.17. The van der Waals surface area contributed by atoms with Gasteiger partial charge >= 0.3 is 6.18 Å². The predicted octanol–water partition coefficient (Wildman–Crippen LogP) is 5.42. The topological polar surface area (TPSA) is 54.0 Å². The molecule has 0 radical (unpaired) electrons. The summed E-state index contributed by atoms with van der Waals surface area (Å²) in [5.41, 5.74) is -0.503. The number of benzene rings is 1. The molecule has 2 rings (SSSR count). The Morgan fingerprint density at radius 3 is 2.65 bits per heavy atom. The molecule has 0 bridgehead atoms. The van der Waals surface area contributed by atoms with E-state index in [1.54, 1.807) is 0 Å². The zero-order chi connectivity index (χ0) is 19.2. The number of halogens is 4. The zero-order valence-corrected chi connectivity index (χ0v) is 14.9. The Hall–Kier alpha value is -2.28. The lowest BCUT2D eigenvalue weighted by molar-refractivity contribution is -0.136. The number of anilines is 2. The maximum atomic E-state index is 13.2. The molecule has 0 atom stereocenters. The Bertz CT molecular complexity index is 766. The number of alkyl halides is 3. The number of carbonyl (C=O) groups is 1. The first kappa shape index (κ1) is 20.0. The summed E-state index contributed by atoms with van der Waals surface area (Å²) in [6.07, 6.45) is 1.08. The number of nitrogens with zero attached hydrogens (tertiary/aromatic N) is 1. The maximum Gasteiger partial charge on any atom is 0.418 e. The van der Waals surface area contributed by atoms with Crippen LogP contribution < -0.4 is 10.6 Å². The summed E-state index contributed by atoms with van der Waals surface area (Å²) in [6.45, 7) is 2.60. The van der Waals surface area contributed by atoms with Crippen LogP contribution in [0.5, 0.6) is 0 Å². The van der Waals surface area contributed by atoms with E-state index in [-0.39, 0.29) is 27.9 Å². The average Bonchev–Trinajstić information content (AvgIpc) is 2.59. The maximum absolute atomic E-state index is 13.2. The zero-order valence-electron chi connectivity index (χ0n) is 14.2. The molecule has 1 aromatic carbocycles. The number of hydrogen-bond acceptors (Lipinski definition) is 3. The molecule has 0 aliphatic carbocycles. The fourth-order valence-electron chi connectivity index (χ4n) is 2.33. The Morgan fingerprint density at radius 2 is 1.96 bits per heavy atom. The molecule has 2 N–H and O–H groups in total. The number of amides is 1. The van der Waals surface area contributed by atoms with Gasteiger partial charge in [0.1, 0.15) is 0 Å². The number of rotatable bonds is 7. The van der Waals surface area contributed by atoms with Crippen LogP contribution in [0.2, 0.25) is 5.02 Å². The lowest BCUT2D eigenvalue weighted by atomic mass is 10.1. The van der Waals surface area contributed by atoms with Crippen molar-refractivity contribution in [3.8, 4) is 0 Å². The molecular formula is C18H19ClF3N3O. The van der Waals surface area contributed by atoms with Crippen molar-refractivity contribution in [2.75, 3.05) is 11.9 Å². The minimum Gasteiger partial charge on any atom is -0.354 e. The third-order valence-electron chi connectivity index (χ3n) is 3.63. The van der Waals surface area contributed by atoms with Gasteiger partial charge in [-0.15, -0.1) is 0 Å². The van der Waals surface area contributed by atoms with Gasteiger partial charge < -0.3 is 10.6 Å². The van der Waals surface area contributed by atoms with Gasteiger partial charge in [0.2, 0.25) is 0 Å². The second kappa shape index (κ2) is 8.89. The van der Waals surface area contributed by atoms with Crippen molar-refractivity contribution in [2.24, 2.45) is 0 Å². The van der Waals surface area contributed by atoms with Gasteiger partial charge in [-0.25, -0.2) is 0 Å². The summed E-state index contributed by atoms with van der Waals surface area (Å²) >= 11 is 5.67. The highest BCUT2D eigenvalue weighted by molar-refractivity contribution is 6.30. The van der Waals surface area contributed by atoms with E-state index in [1.807, 2.05) is 0 Å². The van der Waals surface area contributed by atoms with Gasteiger partial charge in [0, 0.05) is 17.8 Å².